The molecular weight excluding hydrogens is 270 g/mol. The van der Waals surface area contributed by atoms with Crippen LogP contribution >= 0.6 is 0 Å². The maximum Gasteiger partial charge on any atom is 0.446 e. The fraction of sp³-hybridized carbons (Fsp3) is 0.250. The second kappa shape index (κ2) is 4.61. The maximum atomic E-state index is 11.6. The zero-order valence-electron chi connectivity index (χ0n) is 9.06. The Kier molecular flexibility index (Phi) is 3.77. The lowest BCUT2D eigenvalue weighted by Gasteiger charge is -2.11. The number of hydrogen-bond donors (Lipinski definition) is 1. The van der Waals surface area contributed by atoms with E-state index in [1.807, 2.05) is 0 Å². The average Bonchev–Trinajstić information content (AvgIpc) is 2.15. The quantitative estimate of drug-likeness (QED) is 0.786. The Morgan fingerprint density at radius 2 is 1.53 bits per heavy atom. The lowest BCUT2D eigenvalue weighted by Crippen LogP contribution is -2.22. The van der Waals surface area contributed by atoms with Crippen LogP contribution in [0, 0.1) is 0 Å². The molecular formula is C8H11NO6S2. The maximum absolute atomic E-state index is 11.6. The zero-order chi connectivity index (χ0) is 13.3. The number of sulfonamides is 1. The van der Waals surface area contributed by atoms with Gasteiger partial charge in [-0.05, 0) is 24.3 Å². The molecule has 7 nitrogen and oxygen atoms in total. The zero-order valence-corrected chi connectivity index (χ0v) is 10.7. The predicted molar refractivity (Wildman–Crippen MR) is 59.5 cm³/mol. The van der Waals surface area contributed by atoms with Crippen LogP contribution in [0.4, 0.5) is 0 Å². The minimum atomic E-state index is -4.60. The van der Waals surface area contributed by atoms with Gasteiger partial charge in [0.25, 0.3) is 0 Å². The molecule has 0 saturated heterocycles. The predicted octanol–water partition coefficient (Wildman–Crippen LogP) is 0.119. The minimum Gasteiger partial charge on any atom is -0.362 e. The van der Waals surface area contributed by atoms with Crippen LogP contribution in [0.25, 0.3) is 0 Å². The van der Waals surface area contributed by atoms with E-state index in [1.165, 1.54) is 26.2 Å². The molecule has 0 fully saturated rings. The fourth-order valence-corrected chi connectivity index (χ4v) is 2.26. The second-order valence-electron chi connectivity index (χ2n) is 3.27. The summed E-state index contributed by atoms with van der Waals surface area (Å²) in [5, 5.41) is 0. The van der Waals surface area contributed by atoms with E-state index in [0.29, 0.717) is 0 Å². The molecule has 0 amide bonds. The third-order valence-electron chi connectivity index (χ3n) is 1.80. The molecule has 0 aliphatic carbocycles. The number of benzene rings is 1. The summed E-state index contributed by atoms with van der Waals surface area (Å²) in [6, 6.07) is 4.61. The van der Waals surface area contributed by atoms with Crippen molar-refractivity contribution in [3.63, 3.8) is 0 Å². The molecule has 0 bridgehead atoms. The van der Waals surface area contributed by atoms with Crippen molar-refractivity contribution in [1.29, 1.82) is 0 Å². The van der Waals surface area contributed by atoms with E-state index < -0.39 is 20.4 Å². The van der Waals surface area contributed by atoms with Crippen LogP contribution in [0.1, 0.15) is 0 Å². The van der Waals surface area contributed by atoms with E-state index >= 15 is 0 Å². The molecule has 0 saturated carbocycles. The van der Waals surface area contributed by atoms with Gasteiger partial charge < -0.3 is 4.18 Å². The van der Waals surface area contributed by atoms with E-state index in [4.69, 9.17) is 4.55 Å². The van der Waals surface area contributed by atoms with Gasteiger partial charge in [-0.2, -0.15) is 8.42 Å². The summed E-state index contributed by atoms with van der Waals surface area (Å²) in [5.41, 5.74) is 0. The van der Waals surface area contributed by atoms with Gasteiger partial charge in [0.2, 0.25) is 10.0 Å². The van der Waals surface area contributed by atoms with Crippen LogP contribution in [0.15, 0.2) is 29.2 Å². The number of hydrogen-bond acceptors (Lipinski definition) is 5. The molecule has 1 rings (SSSR count). The van der Waals surface area contributed by atoms with E-state index in [9.17, 15) is 16.8 Å². The molecule has 9 heteroatoms. The molecule has 0 spiro atoms. The Balaban J connectivity index is 3.05. The lowest BCUT2D eigenvalue weighted by atomic mass is 10.3. The molecule has 1 N–H and O–H groups in total. The number of nitrogens with zero attached hydrogens (tertiary/aromatic N) is 1. The van der Waals surface area contributed by atoms with Gasteiger partial charge in [-0.25, -0.2) is 12.7 Å². The van der Waals surface area contributed by atoms with Gasteiger partial charge in [0.05, 0.1) is 4.90 Å². The third kappa shape index (κ3) is 3.66. The first-order valence-electron chi connectivity index (χ1n) is 4.32. The second-order valence-corrected chi connectivity index (χ2v) is 6.44. The molecule has 96 valence electrons. The van der Waals surface area contributed by atoms with E-state index in [0.717, 1.165) is 16.4 Å². The van der Waals surface area contributed by atoms with Gasteiger partial charge in [-0.3, -0.25) is 4.55 Å². The Bertz CT molecular complexity index is 587. The molecule has 0 aliphatic heterocycles. The van der Waals surface area contributed by atoms with Crippen LogP contribution in [0.2, 0.25) is 0 Å². The third-order valence-corrected chi connectivity index (χ3v) is 4.04. The summed E-state index contributed by atoms with van der Waals surface area (Å²) < 4.78 is 57.7. The lowest BCUT2D eigenvalue weighted by molar-refractivity contribution is 0.386. The molecule has 0 aliphatic rings. The van der Waals surface area contributed by atoms with Gasteiger partial charge in [-0.1, -0.05) is 0 Å². The largest absolute Gasteiger partial charge is 0.446 e. The van der Waals surface area contributed by atoms with Crippen molar-refractivity contribution >= 4 is 20.4 Å². The first-order chi connectivity index (χ1) is 7.63. The molecule has 1 aromatic rings. The fourth-order valence-electron chi connectivity index (χ4n) is 1.000. The number of rotatable bonds is 4. The summed E-state index contributed by atoms with van der Waals surface area (Å²) in [4.78, 5) is -0.00909. The molecule has 0 atom stereocenters. The van der Waals surface area contributed by atoms with Crippen molar-refractivity contribution in [1.82, 2.24) is 4.31 Å². The molecule has 0 aromatic heterocycles. The highest BCUT2D eigenvalue weighted by molar-refractivity contribution is 7.89. The first-order valence-corrected chi connectivity index (χ1v) is 7.13. The van der Waals surface area contributed by atoms with Gasteiger partial charge in [-0.15, -0.1) is 0 Å². The molecule has 0 unspecified atom stereocenters. The van der Waals surface area contributed by atoms with Crippen molar-refractivity contribution in [2.45, 2.75) is 4.90 Å². The highest BCUT2D eigenvalue weighted by Gasteiger charge is 2.17. The Labute approximate surface area is 99.6 Å². The SMILES string of the molecule is CN(C)S(=O)(=O)c1ccc(OS(=O)(=O)O)cc1. The van der Waals surface area contributed by atoms with Crippen LogP contribution in [-0.2, 0) is 20.4 Å². The van der Waals surface area contributed by atoms with Gasteiger partial charge >= 0.3 is 10.4 Å². The van der Waals surface area contributed by atoms with E-state index in [1.54, 1.807) is 0 Å². The van der Waals surface area contributed by atoms with Gasteiger partial charge in [0.15, 0.2) is 0 Å². The Hall–Kier alpha value is -1.16. The van der Waals surface area contributed by atoms with Crippen molar-refractivity contribution in [3.8, 4) is 5.75 Å². The van der Waals surface area contributed by atoms with Crippen LogP contribution in [-0.4, -0.2) is 39.8 Å². The monoisotopic (exact) mass is 281 g/mol. The first kappa shape index (κ1) is 13.9. The van der Waals surface area contributed by atoms with Crippen LogP contribution < -0.4 is 4.18 Å². The van der Waals surface area contributed by atoms with Crippen LogP contribution in [0.3, 0.4) is 0 Å². The minimum absolute atomic E-state index is 0.00909. The van der Waals surface area contributed by atoms with E-state index in [-0.39, 0.29) is 10.6 Å². The van der Waals surface area contributed by atoms with Gasteiger partial charge in [0, 0.05) is 14.1 Å². The Morgan fingerprint density at radius 1 is 1.06 bits per heavy atom. The molecule has 0 radical (unpaired) electrons. The van der Waals surface area contributed by atoms with Crippen LogP contribution in [0.5, 0.6) is 5.75 Å². The van der Waals surface area contributed by atoms with Crippen molar-refractivity contribution in [3.05, 3.63) is 24.3 Å². The summed E-state index contributed by atoms with van der Waals surface area (Å²) in [6.45, 7) is 0. The summed E-state index contributed by atoms with van der Waals surface area (Å²) >= 11 is 0. The Morgan fingerprint density at radius 3 is 1.88 bits per heavy atom. The van der Waals surface area contributed by atoms with E-state index in [2.05, 4.69) is 4.18 Å². The topological polar surface area (TPSA) is 101 Å². The molecule has 17 heavy (non-hydrogen) atoms. The molecule has 1 aromatic carbocycles. The van der Waals surface area contributed by atoms with Crippen molar-refractivity contribution < 1.29 is 25.6 Å². The van der Waals surface area contributed by atoms with Crippen molar-refractivity contribution in [2.24, 2.45) is 0 Å². The summed E-state index contributed by atoms with van der Waals surface area (Å²) in [5.74, 6) is -0.176. The average molecular weight is 281 g/mol. The summed E-state index contributed by atoms with van der Waals surface area (Å²) in [6.07, 6.45) is 0. The highest BCUT2D eigenvalue weighted by Crippen LogP contribution is 2.18. The molecule has 0 heterocycles. The van der Waals surface area contributed by atoms with Crippen molar-refractivity contribution in [2.75, 3.05) is 14.1 Å². The standard InChI is InChI=1S/C8H11NO6S2/c1-9(2)16(10,11)8-5-3-7(4-6-8)15-17(12,13)14/h3-6H,1-2H3,(H,12,13,14). The highest BCUT2D eigenvalue weighted by atomic mass is 32.3. The van der Waals surface area contributed by atoms with Gasteiger partial charge in [0.1, 0.15) is 5.75 Å². The normalized spacial score (nSPS) is 12.7. The smallest absolute Gasteiger partial charge is 0.362 e. The summed E-state index contributed by atoms with van der Waals surface area (Å²) in [7, 11) is -5.43.